The number of ether oxygens (including phenoxy) is 1. The SMILES string of the molecule is COc1ccc(C(=O)N2CCN(C(=O)c3ccc(C)cc3)C2C(=O)NC(CC(=O)O)C2CCCCC2)cc1. The lowest BCUT2D eigenvalue weighted by molar-refractivity contribution is -0.138. The van der Waals surface area contributed by atoms with Crippen LogP contribution < -0.4 is 10.1 Å². The van der Waals surface area contributed by atoms with Crippen LogP contribution in [0.1, 0.15) is 64.8 Å². The second-order valence-corrected chi connectivity index (χ2v) is 10.1. The van der Waals surface area contributed by atoms with Crippen molar-refractivity contribution in [3.8, 4) is 5.75 Å². The first-order chi connectivity index (χ1) is 18.3. The summed E-state index contributed by atoms with van der Waals surface area (Å²) in [5.41, 5.74) is 1.78. The fraction of sp³-hybridized carbons (Fsp3) is 0.448. The van der Waals surface area contributed by atoms with Gasteiger partial charge in [0.2, 0.25) is 0 Å². The number of carbonyl (C=O) groups is 4. The fourth-order valence-corrected chi connectivity index (χ4v) is 5.42. The highest BCUT2D eigenvalue weighted by molar-refractivity contribution is 6.02. The Hall–Kier alpha value is -3.88. The molecule has 1 heterocycles. The van der Waals surface area contributed by atoms with Gasteiger partial charge < -0.3 is 25.0 Å². The third-order valence-corrected chi connectivity index (χ3v) is 7.51. The minimum atomic E-state index is -1.20. The Morgan fingerprint density at radius 1 is 0.895 bits per heavy atom. The van der Waals surface area contributed by atoms with Crippen molar-refractivity contribution in [3.63, 3.8) is 0 Å². The number of benzene rings is 2. The minimum Gasteiger partial charge on any atom is -0.497 e. The third-order valence-electron chi connectivity index (χ3n) is 7.51. The van der Waals surface area contributed by atoms with Crippen LogP contribution in [0.25, 0.3) is 0 Å². The molecule has 0 bridgehead atoms. The van der Waals surface area contributed by atoms with Crippen molar-refractivity contribution in [2.75, 3.05) is 20.2 Å². The van der Waals surface area contributed by atoms with E-state index in [4.69, 9.17) is 4.74 Å². The predicted molar refractivity (Wildman–Crippen MR) is 141 cm³/mol. The molecule has 2 aromatic rings. The zero-order valence-electron chi connectivity index (χ0n) is 21.9. The molecule has 3 amide bonds. The molecule has 9 heteroatoms. The Morgan fingerprint density at radius 3 is 1.92 bits per heavy atom. The van der Waals surface area contributed by atoms with E-state index < -0.39 is 24.1 Å². The van der Waals surface area contributed by atoms with Crippen molar-refractivity contribution in [2.45, 2.75) is 57.7 Å². The normalized spacial score (nSPS) is 18.6. The molecule has 0 aromatic heterocycles. The lowest BCUT2D eigenvalue weighted by Crippen LogP contribution is -2.56. The molecule has 1 aliphatic heterocycles. The van der Waals surface area contributed by atoms with E-state index in [1.54, 1.807) is 36.4 Å². The molecule has 2 atom stereocenters. The van der Waals surface area contributed by atoms with E-state index in [0.717, 1.165) is 37.7 Å². The van der Waals surface area contributed by atoms with Gasteiger partial charge in [-0.3, -0.25) is 19.2 Å². The zero-order valence-corrected chi connectivity index (χ0v) is 21.9. The maximum atomic E-state index is 13.8. The van der Waals surface area contributed by atoms with Gasteiger partial charge in [0.15, 0.2) is 6.17 Å². The van der Waals surface area contributed by atoms with Gasteiger partial charge >= 0.3 is 5.97 Å². The van der Waals surface area contributed by atoms with Crippen LogP contribution in [-0.4, -0.2) is 71.0 Å². The molecule has 4 rings (SSSR count). The molecule has 0 spiro atoms. The van der Waals surface area contributed by atoms with Gasteiger partial charge in [-0.2, -0.15) is 0 Å². The summed E-state index contributed by atoms with van der Waals surface area (Å²) in [6.45, 7) is 2.27. The Labute approximate surface area is 222 Å². The number of nitrogens with zero attached hydrogens (tertiary/aromatic N) is 2. The number of methoxy groups -OCH3 is 1. The number of rotatable bonds is 8. The van der Waals surface area contributed by atoms with Crippen molar-refractivity contribution in [1.29, 1.82) is 0 Å². The Morgan fingerprint density at radius 2 is 1.42 bits per heavy atom. The average Bonchev–Trinajstić information content (AvgIpc) is 3.38. The Bertz CT molecular complexity index is 1160. The van der Waals surface area contributed by atoms with E-state index in [2.05, 4.69) is 5.32 Å². The number of hydrogen-bond acceptors (Lipinski definition) is 5. The highest BCUT2D eigenvalue weighted by atomic mass is 16.5. The summed E-state index contributed by atoms with van der Waals surface area (Å²) in [4.78, 5) is 55.3. The smallest absolute Gasteiger partial charge is 0.305 e. The van der Waals surface area contributed by atoms with Crippen molar-refractivity contribution < 1.29 is 29.0 Å². The van der Waals surface area contributed by atoms with Crippen molar-refractivity contribution in [1.82, 2.24) is 15.1 Å². The van der Waals surface area contributed by atoms with Crippen LogP contribution in [0.5, 0.6) is 5.75 Å². The van der Waals surface area contributed by atoms with Gasteiger partial charge in [0, 0.05) is 30.3 Å². The highest BCUT2D eigenvalue weighted by Crippen LogP contribution is 2.29. The Kier molecular flexibility index (Phi) is 8.66. The van der Waals surface area contributed by atoms with Crippen LogP contribution in [-0.2, 0) is 9.59 Å². The van der Waals surface area contributed by atoms with Crippen LogP contribution in [0.15, 0.2) is 48.5 Å². The molecule has 2 aliphatic rings. The number of hydrogen-bond donors (Lipinski definition) is 2. The molecular weight excluding hydrogens is 486 g/mol. The van der Waals surface area contributed by atoms with Gasteiger partial charge in [0.25, 0.3) is 17.7 Å². The standard InChI is InChI=1S/C29H35N3O6/c1-19-8-10-21(11-9-19)28(36)31-16-17-32(29(37)22-12-14-23(38-2)15-13-22)27(31)26(35)30-24(18-25(33)34)20-6-4-3-5-7-20/h8-15,20,24,27H,3-7,16-18H2,1-2H3,(H,30,35)(H,33,34). The number of aliphatic carboxylic acids is 1. The molecule has 1 aliphatic carbocycles. The lowest BCUT2D eigenvalue weighted by atomic mass is 9.82. The molecule has 1 saturated heterocycles. The van der Waals surface area contributed by atoms with Crippen LogP contribution in [0.4, 0.5) is 0 Å². The minimum absolute atomic E-state index is 0.0391. The first-order valence-electron chi connectivity index (χ1n) is 13.1. The molecule has 2 N–H and O–H groups in total. The first-order valence-corrected chi connectivity index (χ1v) is 13.1. The Balaban J connectivity index is 1.63. The summed E-state index contributed by atoms with van der Waals surface area (Å²) in [7, 11) is 1.53. The van der Waals surface area contributed by atoms with Crippen LogP contribution in [0.2, 0.25) is 0 Å². The molecule has 202 valence electrons. The molecule has 2 unspecified atom stereocenters. The van der Waals surface area contributed by atoms with Gasteiger partial charge in [0.05, 0.1) is 13.5 Å². The van der Waals surface area contributed by atoms with E-state index in [1.165, 1.54) is 16.9 Å². The molecular formula is C29H35N3O6. The first kappa shape index (κ1) is 27.2. The number of carbonyl (C=O) groups excluding carboxylic acids is 3. The second-order valence-electron chi connectivity index (χ2n) is 10.1. The topological polar surface area (TPSA) is 116 Å². The maximum absolute atomic E-state index is 13.8. The third kappa shape index (κ3) is 6.15. The molecule has 38 heavy (non-hydrogen) atoms. The zero-order chi connectivity index (χ0) is 27.2. The van der Waals surface area contributed by atoms with Crippen molar-refractivity contribution in [2.24, 2.45) is 5.92 Å². The summed E-state index contributed by atoms with van der Waals surface area (Å²) in [5.74, 6) is -1.65. The van der Waals surface area contributed by atoms with Crippen molar-refractivity contribution >= 4 is 23.7 Å². The van der Waals surface area contributed by atoms with E-state index in [9.17, 15) is 24.3 Å². The van der Waals surface area contributed by atoms with E-state index in [1.807, 2.05) is 19.1 Å². The molecule has 1 saturated carbocycles. The molecule has 9 nitrogen and oxygen atoms in total. The molecule has 2 fully saturated rings. The summed E-state index contributed by atoms with van der Waals surface area (Å²) < 4.78 is 5.18. The van der Waals surface area contributed by atoms with Crippen LogP contribution in [0.3, 0.4) is 0 Å². The van der Waals surface area contributed by atoms with E-state index >= 15 is 0 Å². The monoisotopic (exact) mass is 521 g/mol. The highest BCUT2D eigenvalue weighted by Gasteiger charge is 2.44. The van der Waals surface area contributed by atoms with Gasteiger partial charge in [-0.1, -0.05) is 37.0 Å². The average molecular weight is 522 g/mol. The maximum Gasteiger partial charge on any atom is 0.305 e. The number of carboxylic acids is 1. The van der Waals surface area contributed by atoms with Gasteiger partial charge in [-0.05, 0) is 62.1 Å². The molecule has 2 aromatic carbocycles. The predicted octanol–water partition coefficient (Wildman–Crippen LogP) is 3.47. The fourth-order valence-electron chi connectivity index (χ4n) is 5.42. The summed E-state index contributed by atoms with van der Waals surface area (Å²) in [6, 6.07) is 13.1. The van der Waals surface area contributed by atoms with Gasteiger partial charge in [0.1, 0.15) is 5.75 Å². The van der Waals surface area contributed by atoms with Gasteiger partial charge in [-0.15, -0.1) is 0 Å². The van der Waals surface area contributed by atoms with Gasteiger partial charge in [-0.25, -0.2) is 0 Å². The van der Waals surface area contributed by atoms with E-state index in [-0.39, 0.29) is 37.2 Å². The van der Waals surface area contributed by atoms with Crippen molar-refractivity contribution in [3.05, 3.63) is 65.2 Å². The summed E-state index contributed by atoms with van der Waals surface area (Å²) in [5, 5.41) is 12.5. The second kappa shape index (κ2) is 12.1. The number of carboxylic acid groups (broad SMARTS) is 1. The quantitative estimate of drug-likeness (QED) is 0.550. The van der Waals surface area contributed by atoms with Crippen LogP contribution >= 0.6 is 0 Å². The number of amides is 3. The van der Waals surface area contributed by atoms with E-state index in [0.29, 0.717) is 16.9 Å². The number of nitrogens with one attached hydrogen (secondary N) is 1. The number of aryl methyl sites for hydroxylation is 1. The summed E-state index contributed by atoms with van der Waals surface area (Å²) in [6.07, 6.45) is 3.34. The molecule has 0 radical (unpaired) electrons. The lowest BCUT2D eigenvalue weighted by Gasteiger charge is -2.34. The van der Waals surface area contributed by atoms with Crippen LogP contribution in [0, 0.1) is 12.8 Å². The summed E-state index contributed by atoms with van der Waals surface area (Å²) >= 11 is 0. The largest absolute Gasteiger partial charge is 0.497 e.